The Bertz CT molecular complexity index is 783. The molecule has 0 bridgehead atoms. The molecule has 0 fully saturated rings. The van der Waals surface area contributed by atoms with Crippen LogP contribution in [0.15, 0.2) is 48.5 Å². The van der Waals surface area contributed by atoms with Crippen molar-refractivity contribution < 1.29 is 9.72 Å². The molecule has 0 radical (unpaired) electrons. The summed E-state index contributed by atoms with van der Waals surface area (Å²) in [4.78, 5) is 22.2. The van der Waals surface area contributed by atoms with E-state index in [9.17, 15) is 14.9 Å². The Morgan fingerprint density at radius 1 is 1.21 bits per heavy atom. The van der Waals surface area contributed by atoms with Crippen LogP contribution in [0.2, 0.25) is 5.02 Å². The Morgan fingerprint density at radius 2 is 1.88 bits per heavy atom. The number of nitro benzene ring substituents is 1. The van der Waals surface area contributed by atoms with Gasteiger partial charge in [0.25, 0.3) is 5.69 Å². The van der Waals surface area contributed by atoms with Gasteiger partial charge in [0, 0.05) is 18.2 Å². The Balaban J connectivity index is 2.07. The quantitative estimate of drug-likeness (QED) is 0.470. The summed E-state index contributed by atoms with van der Waals surface area (Å²) in [5, 5.41) is 13.6. The monoisotopic (exact) mass is 344 g/mol. The van der Waals surface area contributed by atoms with Gasteiger partial charge < -0.3 is 5.32 Å². The Kier molecular flexibility index (Phi) is 5.71. The number of hydrogen-bond donors (Lipinski definition) is 1. The Labute approximate surface area is 145 Å². The van der Waals surface area contributed by atoms with Gasteiger partial charge in [-0.25, -0.2) is 0 Å². The maximum Gasteiger partial charge on any atom is 0.271 e. The number of nitrogens with one attached hydrogen (secondary N) is 1. The number of carbonyl (C=O) groups excluding carboxylic acids is 1. The van der Waals surface area contributed by atoms with Crippen LogP contribution in [-0.2, 0) is 4.79 Å². The molecule has 2 aromatic carbocycles. The van der Waals surface area contributed by atoms with Crippen LogP contribution in [0.1, 0.15) is 30.9 Å². The van der Waals surface area contributed by atoms with Crippen molar-refractivity contribution in [3.05, 3.63) is 74.8 Å². The van der Waals surface area contributed by atoms with Gasteiger partial charge in [-0.05, 0) is 29.2 Å². The molecule has 1 amide bonds. The second kappa shape index (κ2) is 7.75. The number of anilines is 1. The van der Waals surface area contributed by atoms with Crippen LogP contribution >= 0.6 is 11.6 Å². The SMILES string of the molecule is CC(C)c1ccc(C=CC(=O)Nc2cc([N+](=O)[O-])ccc2Cl)cc1. The number of nitro groups is 1. The first-order valence-electron chi connectivity index (χ1n) is 7.40. The highest BCUT2D eigenvalue weighted by Gasteiger charge is 2.11. The molecule has 0 aliphatic rings. The lowest BCUT2D eigenvalue weighted by Gasteiger charge is -2.05. The van der Waals surface area contributed by atoms with E-state index in [0.717, 1.165) is 5.56 Å². The van der Waals surface area contributed by atoms with E-state index in [2.05, 4.69) is 19.2 Å². The fourth-order valence-corrected chi connectivity index (χ4v) is 2.23. The van der Waals surface area contributed by atoms with Crippen LogP contribution in [0.25, 0.3) is 6.08 Å². The largest absolute Gasteiger partial charge is 0.321 e. The van der Waals surface area contributed by atoms with E-state index in [0.29, 0.717) is 5.92 Å². The highest BCUT2D eigenvalue weighted by Crippen LogP contribution is 2.26. The maximum atomic E-state index is 12.0. The fourth-order valence-electron chi connectivity index (χ4n) is 2.06. The molecule has 2 aromatic rings. The number of non-ortho nitro benzene ring substituents is 1. The molecular weight excluding hydrogens is 328 g/mol. The molecule has 124 valence electrons. The summed E-state index contributed by atoms with van der Waals surface area (Å²) in [5.41, 5.74) is 2.18. The Hall–Kier alpha value is -2.66. The third-order valence-electron chi connectivity index (χ3n) is 3.45. The van der Waals surface area contributed by atoms with E-state index in [-0.39, 0.29) is 16.4 Å². The molecule has 0 aliphatic heterocycles. The lowest BCUT2D eigenvalue weighted by Crippen LogP contribution is -2.08. The van der Waals surface area contributed by atoms with Gasteiger partial charge >= 0.3 is 0 Å². The van der Waals surface area contributed by atoms with Gasteiger partial charge in [0.05, 0.1) is 15.6 Å². The summed E-state index contributed by atoms with van der Waals surface area (Å²) in [6.07, 6.45) is 3.03. The Morgan fingerprint density at radius 3 is 2.46 bits per heavy atom. The van der Waals surface area contributed by atoms with E-state index in [1.165, 1.54) is 29.8 Å². The smallest absolute Gasteiger partial charge is 0.271 e. The second-order valence-corrected chi connectivity index (χ2v) is 5.97. The number of hydrogen-bond acceptors (Lipinski definition) is 3. The second-order valence-electron chi connectivity index (χ2n) is 5.57. The zero-order valence-corrected chi connectivity index (χ0v) is 14.1. The van der Waals surface area contributed by atoms with Crippen molar-refractivity contribution >= 4 is 35.0 Å². The van der Waals surface area contributed by atoms with Gasteiger partial charge in [-0.15, -0.1) is 0 Å². The number of benzene rings is 2. The number of carbonyl (C=O) groups is 1. The van der Waals surface area contributed by atoms with Crippen LogP contribution in [0.5, 0.6) is 0 Å². The molecule has 1 N–H and O–H groups in total. The van der Waals surface area contributed by atoms with Crippen molar-refractivity contribution in [2.45, 2.75) is 19.8 Å². The van der Waals surface area contributed by atoms with Gasteiger partial charge in [-0.1, -0.05) is 49.7 Å². The predicted molar refractivity (Wildman–Crippen MR) is 96.3 cm³/mol. The normalized spacial score (nSPS) is 11.0. The van der Waals surface area contributed by atoms with Crippen molar-refractivity contribution in [3.63, 3.8) is 0 Å². The summed E-state index contributed by atoms with van der Waals surface area (Å²) in [6.45, 7) is 4.22. The summed E-state index contributed by atoms with van der Waals surface area (Å²) in [7, 11) is 0. The molecule has 0 saturated heterocycles. The zero-order valence-electron chi connectivity index (χ0n) is 13.3. The minimum atomic E-state index is -0.544. The minimum Gasteiger partial charge on any atom is -0.321 e. The molecule has 0 atom stereocenters. The van der Waals surface area contributed by atoms with Gasteiger partial charge in [-0.2, -0.15) is 0 Å². The molecule has 24 heavy (non-hydrogen) atoms. The molecule has 0 spiro atoms. The van der Waals surface area contributed by atoms with E-state index in [4.69, 9.17) is 11.6 Å². The molecule has 6 heteroatoms. The molecule has 0 aromatic heterocycles. The van der Waals surface area contributed by atoms with Crippen molar-refractivity contribution in [3.8, 4) is 0 Å². The summed E-state index contributed by atoms with van der Waals surface area (Å²) < 4.78 is 0. The summed E-state index contributed by atoms with van der Waals surface area (Å²) in [5.74, 6) is 0.0349. The molecular formula is C18H17ClN2O3. The predicted octanol–water partition coefficient (Wildman–Crippen LogP) is 5.02. The molecule has 0 heterocycles. The lowest BCUT2D eigenvalue weighted by molar-refractivity contribution is -0.384. The standard InChI is InChI=1S/C18H17ClN2O3/c1-12(2)14-6-3-13(4-7-14)5-10-18(22)20-17-11-15(21(23)24)8-9-16(17)19/h3-12H,1-2H3,(H,20,22). The highest BCUT2D eigenvalue weighted by atomic mass is 35.5. The first kappa shape index (κ1) is 17.7. The number of nitrogens with zero attached hydrogens (tertiary/aromatic N) is 1. The van der Waals surface area contributed by atoms with Gasteiger partial charge in [0.2, 0.25) is 5.91 Å². The molecule has 0 saturated carbocycles. The average molecular weight is 345 g/mol. The van der Waals surface area contributed by atoms with E-state index in [1.807, 2.05) is 24.3 Å². The van der Waals surface area contributed by atoms with Crippen molar-refractivity contribution in [2.24, 2.45) is 0 Å². The van der Waals surface area contributed by atoms with Crippen molar-refractivity contribution in [2.75, 3.05) is 5.32 Å². The van der Waals surface area contributed by atoms with Crippen molar-refractivity contribution in [1.29, 1.82) is 0 Å². The summed E-state index contributed by atoms with van der Waals surface area (Å²) >= 11 is 5.95. The molecule has 0 aliphatic carbocycles. The molecule has 2 rings (SSSR count). The lowest BCUT2D eigenvalue weighted by atomic mass is 10.0. The van der Waals surface area contributed by atoms with Crippen LogP contribution in [-0.4, -0.2) is 10.8 Å². The highest BCUT2D eigenvalue weighted by molar-refractivity contribution is 6.34. The zero-order chi connectivity index (χ0) is 17.7. The van der Waals surface area contributed by atoms with Gasteiger partial charge in [0.15, 0.2) is 0 Å². The average Bonchev–Trinajstić information content (AvgIpc) is 2.55. The minimum absolute atomic E-state index is 0.136. The van der Waals surface area contributed by atoms with Crippen LogP contribution in [0.4, 0.5) is 11.4 Å². The molecule has 5 nitrogen and oxygen atoms in total. The number of halogens is 1. The topological polar surface area (TPSA) is 72.2 Å². The van der Waals surface area contributed by atoms with Gasteiger partial charge in [-0.3, -0.25) is 14.9 Å². The molecule has 0 unspecified atom stereocenters. The summed E-state index contributed by atoms with van der Waals surface area (Å²) in [6, 6.07) is 11.8. The van der Waals surface area contributed by atoms with Crippen molar-refractivity contribution in [1.82, 2.24) is 0 Å². The first-order valence-corrected chi connectivity index (χ1v) is 7.77. The van der Waals surface area contributed by atoms with Crippen LogP contribution < -0.4 is 5.32 Å². The van der Waals surface area contributed by atoms with Gasteiger partial charge in [0.1, 0.15) is 0 Å². The van der Waals surface area contributed by atoms with E-state index in [1.54, 1.807) is 6.08 Å². The third kappa shape index (κ3) is 4.67. The number of rotatable bonds is 5. The van der Waals surface area contributed by atoms with Crippen LogP contribution in [0, 0.1) is 10.1 Å². The number of amides is 1. The maximum absolute atomic E-state index is 12.0. The fraction of sp³-hybridized carbons (Fsp3) is 0.167. The van der Waals surface area contributed by atoms with E-state index < -0.39 is 10.8 Å². The van der Waals surface area contributed by atoms with E-state index >= 15 is 0 Å². The first-order chi connectivity index (χ1) is 11.4. The van der Waals surface area contributed by atoms with Crippen LogP contribution in [0.3, 0.4) is 0 Å². The third-order valence-corrected chi connectivity index (χ3v) is 3.78.